The van der Waals surface area contributed by atoms with Crippen LogP contribution < -0.4 is 21.1 Å². The zero-order valence-electron chi connectivity index (χ0n) is 17.1. The molecule has 0 saturated heterocycles. The van der Waals surface area contributed by atoms with Gasteiger partial charge in [-0.15, -0.1) is 0 Å². The number of methoxy groups -OCH3 is 1. The van der Waals surface area contributed by atoms with Gasteiger partial charge in [0.1, 0.15) is 5.75 Å². The molecule has 7 nitrogen and oxygen atoms in total. The Morgan fingerprint density at radius 3 is 2.63 bits per heavy atom. The number of rotatable bonds is 5. The minimum absolute atomic E-state index is 0.187. The second kappa shape index (κ2) is 9.73. The number of benzene rings is 2. The standard InChI is InChI=1S/C23H26N4O3/c1-15(28)25-18-6-3-5-16(13-18)23(29)27-22-8-4-7-21(20(22)14-24)26-17-9-11-19(30-2)12-10-17/h3,5-6,9-14,22H,4,7-8,24H2,1-2H3,(H,25,28)(H,27,29)/b20-14+,26-21?. The van der Waals surface area contributed by atoms with Crippen LogP contribution in [0.15, 0.2) is 65.3 Å². The van der Waals surface area contributed by atoms with Gasteiger partial charge in [0.05, 0.1) is 18.8 Å². The van der Waals surface area contributed by atoms with E-state index in [0.717, 1.165) is 42.0 Å². The molecule has 156 valence electrons. The van der Waals surface area contributed by atoms with Crippen molar-refractivity contribution in [2.24, 2.45) is 10.7 Å². The maximum Gasteiger partial charge on any atom is 0.251 e. The van der Waals surface area contributed by atoms with Gasteiger partial charge in [-0.05, 0) is 61.7 Å². The molecule has 0 aliphatic heterocycles. The lowest BCUT2D eigenvalue weighted by Gasteiger charge is -2.27. The highest BCUT2D eigenvalue weighted by Gasteiger charge is 2.26. The lowest BCUT2D eigenvalue weighted by atomic mass is 9.88. The van der Waals surface area contributed by atoms with Crippen molar-refractivity contribution in [2.75, 3.05) is 12.4 Å². The Bertz CT molecular complexity index is 980. The molecule has 1 atom stereocenters. The molecule has 7 heteroatoms. The molecule has 1 unspecified atom stereocenters. The Hall–Kier alpha value is -3.61. The third kappa shape index (κ3) is 5.26. The van der Waals surface area contributed by atoms with Gasteiger partial charge in [0.2, 0.25) is 5.91 Å². The zero-order chi connectivity index (χ0) is 21.5. The molecule has 1 aliphatic carbocycles. The number of nitrogens with zero attached hydrogens (tertiary/aromatic N) is 1. The molecule has 0 aromatic heterocycles. The quantitative estimate of drug-likeness (QED) is 0.706. The highest BCUT2D eigenvalue weighted by Crippen LogP contribution is 2.26. The number of ether oxygens (including phenoxy) is 1. The van der Waals surface area contributed by atoms with Crippen LogP contribution in [-0.4, -0.2) is 30.7 Å². The van der Waals surface area contributed by atoms with E-state index in [1.54, 1.807) is 31.4 Å². The monoisotopic (exact) mass is 406 g/mol. The van der Waals surface area contributed by atoms with E-state index in [2.05, 4.69) is 10.6 Å². The fourth-order valence-electron chi connectivity index (χ4n) is 3.45. The van der Waals surface area contributed by atoms with E-state index in [1.807, 2.05) is 24.3 Å². The number of carbonyl (C=O) groups excluding carboxylic acids is 2. The number of carbonyl (C=O) groups is 2. The summed E-state index contributed by atoms with van der Waals surface area (Å²) < 4.78 is 5.18. The van der Waals surface area contributed by atoms with E-state index >= 15 is 0 Å². The lowest BCUT2D eigenvalue weighted by molar-refractivity contribution is -0.114. The Kier molecular flexibility index (Phi) is 6.85. The van der Waals surface area contributed by atoms with Gasteiger partial charge in [0.15, 0.2) is 0 Å². The Morgan fingerprint density at radius 2 is 1.97 bits per heavy atom. The Balaban J connectivity index is 1.76. The fourth-order valence-corrected chi connectivity index (χ4v) is 3.45. The largest absolute Gasteiger partial charge is 0.497 e. The smallest absolute Gasteiger partial charge is 0.251 e. The molecule has 2 aromatic rings. The number of nitrogens with two attached hydrogens (primary N) is 1. The molecule has 30 heavy (non-hydrogen) atoms. The van der Waals surface area contributed by atoms with Crippen molar-refractivity contribution in [3.8, 4) is 5.75 Å². The zero-order valence-corrected chi connectivity index (χ0v) is 17.1. The van der Waals surface area contributed by atoms with Crippen molar-refractivity contribution in [1.29, 1.82) is 0 Å². The first-order valence-corrected chi connectivity index (χ1v) is 9.82. The van der Waals surface area contributed by atoms with Crippen LogP contribution in [0.5, 0.6) is 5.75 Å². The van der Waals surface area contributed by atoms with Gasteiger partial charge in [-0.25, -0.2) is 0 Å². The molecular weight excluding hydrogens is 380 g/mol. The lowest BCUT2D eigenvalue weighted by Crippen LogP contribution is -2.41. The first-order valence-electron chi connectivity index (χ1n) is 9.82. The molecule has 1 saturated carbocycles. The average molecular weight is 406 g/mol. The number of hydrogen-bond acceptors (Lipinski definition) is 5. The Labute approximate surface area is 176 Å². The van der Waals surface area contributed by atoms with Gasteiger partial charge in [-0.2, -0.15) is 0 Å². The molecule has 0 radical (unpaired) electrons. The molecule has 3 rings (SSSR count). The van der Waals surface area contributed by atoms with Crippen molar-refractivity contribution >= 4 is 28.9 Å². The first kappa shape index (κ1) is 21.1. The number of nitrogens with one attached hydrogen (secondary N) is 2. The summed E-state index contributed by atoms with van der Waals surface area (Å²) in [4.78, 5) is 28.8. The minimum atomic E-state index is -0.225. The van der Waals surface area contributed by atoms with E-state index in [4.69, 9.17) is 15.5 Å². The van der Waals surface area contributed by atoms with Crippen molar-refractivity contribution in [3.05, 3.63) is 65.9 Å². The maximum atomic E-state index is 12.8. The van der Waals surface area contributed by atoms with E-state index in [9.17, 15) is 9.59 Å². The summed E-state index contributed by atoms with van der Waals surface area (Å²) in [6, 6.07) is 14.1. The summed E-state index contributed by atoms with van der Waals surface area (Å²) in [6.45, 7) is 1.43. The van der Waals surface area contributed by atoms with Crippen molar-refractivity contribution in [3.63, 3.8) is 0 Å². The van der Waals surface area contributed by atoms with Crippen LogP contribution >= 0.6 is 0 Å². The topological polar surface area (TPSA) is 106 Å². The summed E-state index contributed by atoms with van der Waals surface area (Å²) in [5.74, 6) is 0.355. The highest BCUT2D eigenvalue weighted by molar-refractivity contribution is 6.04. The number of amides is 2. The fraction of sp³-hybridized carbons (Fsp3) is 0.261. The summed E-state index contributed by atoms with van der Waals surface area (Å²) in [5, 5.41) is 5.74. The van der Waals surface area contributed by atoms with Gasteiger partial charge in [-0.1, -0.05) is 6.07 Å². The molecule has 2 amide bonds. The summed E-state index contributed by atoms with van der Waals surface area (Å²) in [7, 11) is 1.62. The van der Waals surface area contributed by atoms with Gasteiger partial charge in [0.25, 0.3) is 5.91 Å². The third-order valence-corrected chi connectivity index (χ3v) is 4.88. The second-order valence-corrected chi connectivity index (χ2v) is 7.06. The average Bonchev–Trinajstić information content (AvgIpc) is 2.74. The third-order valence-electron chi connectivity index (χ3n) is 4.88. The SMILES string of the molecule is COc1ccc(N=C2CCCC(NC(=O)c3cccc(NC(C)=O)c3)/C2=C/N)cc1. The van der Waals surface area contributed by atoms with Crippen molar-refractivity contribution < 1.29 is 14.3 Å². The minimum Gasteiger partial charge on any atom is -0.497 e. The predicted molar refractivity (Wildman–Crippen MR) is 118 cm³/mol. The Morgan fingerprint density at radius 1 is 1.20 bits per heavy atom. The van der Waals surface area contributed by atoms with Crippen LogP contribution in [0.2, 0.25) is 0 Å². The van der Waals surface area contributed by atoms with E-state index < -0.39 is 0 Å². The van der Waals surface area contributed by atoms with Crippen LogP contribution in [-0.2, 0) is 4.79 Å². The van der Waals surface area contributed by atoms with Gasteiger partial charge >= 0.3 is 0 Å². The molecular formula is C23H26N4O3. The molecule has 0 bridgehead atoms. The van der Waals surface area contributed by atoms with Crippen LogP contribution in [0, 0.1) is 0 Å². The van der Waals surface area contributed by atoms with E-state index in [1.165, 1.54) is 13.1 Å². The summed E-state index contributed by atoms with van der Waals surface area (Å²) in [6.07, 6.45) is 3.99. The molecule has 2 aromatic carbocycles. The molecule has 0 spiro atoms. The maximum absolute atomic E-state index is 12.8. The first-order chi connectivity index (χ1) is 14.5. The second-order valence-electron chi connectivity index (χ2n) is 7.06. The van der Waals surface area contributed by atoms with Gasteiger partial charge in [0, 0.05) is 35.7 Å². The van der Waals surface area contributed by atoms with Crippen LogP contribution in [0.25, 0.3) is 0 Å². The van der Waals surface area contributed by atoms with E-state index in [0.29, 0.717) is 11.3 Å². The van der Waals surface area contributed by atoms with Crippen LogP contribution in [0.1, 0.15) is 36.5 Å². The molecule has 0 heterocycles. The van der Waals surface area contributed by atoms with Crippen LogP contribution in [0.3, 0.4) is 0 Å². The summed E-state index contributed by atoms with van der Waals surface area (Å²) >= 11 is 0. The molecule has 1 aliphatic rings. The van der Waals surface area contributed by atoms with Crippen molar-refractivity contribution in [2.45, 2.75) is 32.2 Å². The molecule has 1 fully saturated rings. The van der Waals surface area contributed by atoms with Crippen LogP contribution in [0.4, 0.5) is 11.4 Å². The van der Waals surface area contributed by atoms with Gasteiger partial charge < -0.3 is 21.1 Å². The van der Waals surface area contributed by atoms with Gasteiger partial charge in [-0.3, -0.25) is 14.6 Å². The summed E-state index contributed by atoms with van der Waals surface area (Å²) in [5.41, 5.74) is 9.46. The number of hydrogen-bond donors (Lipinski definition) is 3. The predicted octanol–water partition coefficient (Wildman–Crippen LogP) is 3.55. The highest BCUT2D eigenvalue weighted by atomic mass is 16.5. The number of aliphatic imine (C=N–C) groups is 1. The van der Waals surface area contributed by atoms with Crippen molar-refractivity contribution in [1.82, 2.24) is 5.32 Å². The normalized spacial score (nSPS) is 18.8. The molecule has 4 N–H and O–H groups in total. The number of anilines is 1. The van der Waals surface area contributed by atoms with E-state index in [-0.39, 0.29) is 17.9 Å².